The van der Waals surface area contributed by atoms with Gasteiger partial charge in [0, 0.05) is 25.7 Å². The molecule has 0 saturated carbocycles. The topological polar surface area (TPSA) is 80.8 Å². The highest BCUT2D eigenvalue weighted by molar-refractivity contribution is 6.01. The van der Waals surface area contributed by atoms with Gasteiger partial charge in [-0.05, 0) is 28.7 Å². The first-order valence-corrected chi connectivity index (χ1v) is 10.5. The zero-order chi connectivity index (χ0) is 22.9. The molecule has 164 valence electrons. The second-order valence-electron chi connectivity index (χ2n) is 7.45. The van der Waals surface area contributed by atoms with Crippen LogP contribution < -0.4 is 0 Å². The number of ketones is 1. The Kier molecular flexibility index (Phi) is 7.86. The molecule has 0 radical (unpaired) electrons. The van der Waals surface area contributed by atoms with E-state index in [2.05, 4.69) is 6.58 Å². The first-order chi connectivity index (χ1) is 15.5. The van der Waals surface area contributed by atoms with E-state index in [1.54, 1.807) is 0 Å². The van der Waals surface area contributed by atoms with Gasteiger partial charge in [-0.3, -0.25) is 14.4 Å². The van der Waals surface area contributed by atoms with Crippen molar-refractivity contribution in [1.82, 2.24) is 5.06 Å². The van der Waals surface area contributed by atoms with Gasteiger partial charge in [0.15, 0.2) is 0 Å². The summed E-state index contributed by atoms with van der Waals surface area (Å²) in [5.74, 6) is -1.91. The Morgan fingerprint density at radius 2 is 1.44 bits per heavy atom. The molecule has 1 heterocycles. The fraction of sp³-hybridized carbons (Fsp3) is 0.231. The molecule has 1 fully saturated rings. The molecule has 0 aromatic heterocycles. The highest BCUT2D eigenvalue weighted by atomic mass is 16.7. The van der Waals surface area contributed by atoms with E-state index in [0.717, 1.165) is 22.3 Å². The van der Waals surface area contributed by atoms with E-state index >= 15 is 0 Å². The molecule has 0 aliphatic carbocycles. The number of nitrogens with zero attached hydrogens (tertiary/aromatic N) is 1. The zero-order valence-electron chi connectivity index (χ0n) is 17.8. The molecule has 0 N–H and O–H groups in total. The van der Waals surface area contributed by atoms with Gasteiger partial charge in [-0.1, -0.05) is 73.3 Å². The van der Waals surface area contributed by atoms with E-state index in [-0.39, 0.29) is 37.9 Å². The van der Waals surface area contributed by atoms with Crippen LogP contribution in [0.5, 0.6) is 0 Å². The van der Waals surface area contributed by atoms with Crippen LogP contribution in [0.25, 0.3) is 18.2 Å². The summed E-state index contributed by atoms with van der Waals surface area (Å²) in [7, 11) is 0. The molecule has 0 unspecified atom stereocenters. The van der Waals surface area contributed by atoms with Crippen molar-refractivity contribution in [3.8, 4) is 0 Å². The molecule has 2 aromatic carbocycles. The van der Waals surface area contributed by atoms with Crippen LogP contribution in [0, 0.1) is 0 Å². The number of hydrogen-bond acceptors (Lipinski definition) is 5. The molecular formula is C26H25NO5. The number of carbonyl (C=O) groups is 4. The number of Topliss-reactive ketones (excluding diaryl/α,β-unsaturated/α-hetero) is 1. The Balaban J connectivity index is 1.52. The molecule has 3 rings (SSSR count). The molecule has 0 spiro atoms. The van der Waals surface area contributed by atoms with Crippen LogP contribution in [-0.4, -0.2) is 28.6 Å². The molecule has 2 aromatic rings. The van der Waals surface area contributed by atoms with E-state index in [0.29, 0.717) is 11.5 Å². The van der Waals surface area contributed by atoms with Gasteiger partial charge in [0.2, 0.25) is 0 Å². The summed E-state index contributed by atoms with van der Waals surface area (Å²) >= 11 is 0. The fourth-order valence-corrected chi connectivity index (χ4v) is 3.40. The van der Waals surface area contributed by atoms with Crippen LogP contribution in [-0.2, 0) is 30.4 Å². The lowest BCUT2D eigenvalue weighted by Crippen LogP contribution is -2.32. The van der Waals surface area contributed by atoms with E-state index < -0.39 is 17.8 Å². The lowest BCUT2D eigenvalue weighted by Gasteiger charge is -2.12. The second-order valence-corrected chi connectivity index (χ2v) is 7.45. The summed E-state index contributed by atoms with van der Waals surface area (Å²) in [5, 5.41) is 0.500. The Hall–Kier alpha value is -3.80. The summed E-state index contributed by atoms with van der Waals surface area (Å²) in [4.78, 5) is 51.9. The van der Waals surface area contributed by atoms with Crippen molar-refractivity contribution in [3.05, 3.63) is 77.4 Å². The van der Waals surface area contributed by atoms with Gasteiger partial charge in [-0.15, -0.1) is 5.06 Å². The SMILES string of the molecule is C=Cc1ccccc1/C=C\c1ccccc1CCC(=O)CCC(=O)ON1C(=O)CCC1=O. The third-order valence-corrected chi connectivity index (χ3v) is 5.19. The zero-order valence-corrected chi connectivity index (χ0v) is 17.8. The van der Waals surface area contributed by atoms with Crippen LogP contribution in [0.1, 0.15) is 54.4 Å². The van der Waals surface area contributed by atoms with Crippen LogP contribution in [0.4, 0.5) is 0 Å². The number of imide groups is 1. The standard InChI is InChI=1S/C26H25NO5/c1-2-19-7-3-4-8-20(19)11-12-21-9-5-6-10-22(21)13-14-23(28)15-18-26(31)32-27-24(29)16-17-25(27)30/h2-12H,1,13-18H2/b12-11-. The van der Waals surface area contributed by atoms with Crippen LogP contribution in [0.15, 0.2) is 55.1 Å². The first-order valence-electron chi connectivity index (χ1n) is 10.5. The minimum Gasteiger partial charge on any atom is -0.330 e. The smallest absolute Gasteiger partial charge is 0.330 e. The predicted octanol–water partition coefficient (Wildman–Crippen LogP) is 4.39. The maximum atomic E-state index is 12.3. The fourth-order valence-electron chi connectivity index (χ4n) is 3.40. The molecule has 1 aliphatic rings. The Labute approximate surface area is 187 Å². The number of rotatable bonds is 10. The molecule has 1 aliphatic heterocycles. The van der Waals surface area contributed by atoms with Crippen LogP contribution in [0.2, 0.25) is 0 Å². The largest absolute Gasteiger partial charge is 0.333 e. The lowest BCUT2D eigenvalue weighted by atomic mass is 9.99. The van der Waals surface area contributed by atoms with E-state index in [1.807, 2.05) is 66.8 Å². The van der Waals surface area contributed by atoms with Crippen molar-refractivity contribution in [3.63, 3.8) is 0 Å². The first kappa shape index (κ1) is 22.9. The van der Waals surface area contributed by atoms with Crippen molar-refractivity contribution in [2.45, 2.75) is 38.5 Å². The lowest BCUT2D eigenvalue weighted by molar-refractivity contribution is -0.197. The Morgan fingerprint density at radius 1 is 0.844 bits per heavy atom. The van der Waals surface area contributed by atoms with Crippen LogP contribution >= 0.6 is 0 Å². The molecule has 2 amide bonds. The average molecular weight is 431 g/mol. The highest BCUT2D eigenvalue weighted by Crippen LogP contribution is 2.18. The number of hydrogen-bond donors (Lipinski definition) is 0. The Bertz CT molecular complexity index is 1050. The Morgan fingerprint density at radius 3 is 2.12 bits per heavy atom. The van der Waals surface area contributed by atoms with Crippen molar-refractivity contribution in [2.24, 2.45) is 0 Å². The van der Waals surface area contributed by atoms with E-state index in [4.69, 9.17) is 4.84 Å². The van der Waals surface area contributed by atoms with Crippen molar-refractivity contribution in [2.75, 3.05) is 0 Å². The monoisotopic (exact) mass is 431 g/mol. The van der Waals surface area contributed by atoms with E-state index in [9.17, 15) is 19.2 Å². The molecular weight excluding hydrogens is 406 g/mol. The quantitative estimate of drug-likeness (QED) is 0.412. The third-order valence-electron chi connectivity index (χ3n) is 5.19. The predicted molar refractivity (Wildman–Crippen MR) is 122 cm³/mol. The maximum Gasteiger partial charge on any atom is 0.333 e. The van der Waals surface area contributed by atoms with Crippen LogP contribution in [0.3, 0.4) is 0 Å². The van der Waals surface area contributed by atoms with Gasteiger partial charge < -0.3 is 4.84 Å². The summed E-state index contributed by atoms with van der Waals surface area (Å²) in [6.45, 7) is 3.84. The van der Waals surface area contributed by atoms with E-state index in [1.165, 1.54) is 0 Å². The van der Waals surface area contributed by atoms with Gasteiger partial charge in [0.25, 0.3) is 11.8 Å². The summed E-state index contributed by atoms with van der Waals surface area (Å²) in [6.07, 6.45) is 6.58. The number of benzene rings is 2. The number of amides is 2. The molecule has 0 atom stereocenters. The van der Waals surface area contributed by atoms with Gasteiger partial charge in [-0.2, -0.15) is 0 Å². The summed E-state index contributed by atoms with van der Waals surface area (Å²) < 4.78 is 0. The van der Waals surface area contributed by atoms with Crippen molar-refractivity contribution >= 4 is 41.8 Å². The van der Waals surface area contributed by atoms with Crippen molar-refractivity contribution in [1.29, 1.82) is 0 Å². The highest BCUT2D eigenvalue weighted by Gasteiger charge is 2.32. The van der Waals surface area contributed by atoms with Gasteiger partial charge >= 0.3 is 5.97 Å². The van der Waals surface area contributed by atoms with Crippen molar-refractivity contribution < 1.29 is 24.0 Å². The number of aryl methyl sites for hydroxylation is 1. The van der Waals surface area contributed by atoms with Gasteiger partial charge in [0.05, 0.1) is 6.42 Å². The second kappa shape index (κ2) is 11.0. The molecule has 1 saturated heterocycles. The number of hydroxylamine groups is 2. The third kappa shape index (κ3) is 6.11. The summed E-state index contributed by atoms with van der Waals surface area (Å²) in [6, 6.07) is 15.8. The number of carbonyl (C=O) groups excluding carboxylic acids is 4. The maximum absolute atomic E-state index is 12.3. The normalized spacial score (nSPS) is 13.6. The molecule has 6 nitrogen and oxygen atoms in total. The molecule has 6 heteroatoms. The summed E-state index contributed by atoms with van der Waals surface area (Å²) in [5.41, 5.74) is 4.15. The minimum atomic E-state index is -0.758. The minimum absolute atomic E-state index is 0.000228. The molecule has 0 bridgehead atoms. The van der Waals surface area contributed by atoms with Gasteiger partial charge in [-0.25, -0.2) is 4.79 Å². The van der Waals surface area contributed by atoms with Gasteiger partial charge in [0.1, 0.15) is 5.78 Å². The average Bonchev–Trinajstić information content (AvgIpc) is 3.12. The molecule has 32 heavy (non-hydrogen) atoms.